The fraction of sp³-hybridized carbons (Fsp3) is 0.333. The van der Waals surface area contributed by atoms with Crippen LogP contribution in [0.5, 0.6) is 0 Å². The number of methoxy groups -OCH3 is 1. The summed E-state index contributed by atoms with van der Waals surface area (Å²) in [5, 5.41) is 0. The van der Waals surface area contributed by atoms with Gasteiger partial charge in [-0.25, -0.2) is 4.39 Å². The van der Waals surface area contributed by atoms with Crippen LogP contribution in [0.2, 0.25) is 0 Å². The molecule has 1 atom stereocenters. The van der Waals surface area contributed by atoms with Crippen LogP contribution in [0.15, 0.2) is 24.4 Å². The molecule has 0 aromatic carbocycles. The Labute approximate surface area is 93.0 Å². The molecule has 1 heterocycles. The summed E-state index contributed by atoms with van der Waals surface area (Å²) in [7, 11) is 1.39. The van der Waals surface area contributed by atoms with Gasteiger partial charge >= 0.3 is 5.97 Å². The third-order valence-corrected chi connectivity index (χ3v) is 2.71. The highest BCUT2D eigenvalue weighted by atomic mass is 19.1. The first-order valence-corrected chi connectivity index (χ1v) is 5.09. The van der Waals surface area contributed by atoms with Crippen LogP contribution in [-0.2, 0) is 9.53 Å². The van der Waals surface area contributed by atoms with Gasteiger partial charge in [-0.1, -0.05) is 6.08 Å². The van der Waals surface area contributed by atoms with Crippen LogP contribution < -0.4 is 0 Å². The van der Waals surface area contributed by atoms with E-state index in [1.165, 1.54) is 19.4 Å². The number of esters is 1. The molecule has 3 nitrogen and oxygen atoms in total. The van der Waals surface area contributed by atoms with E-state index in [4.69, 9.17) is 0 Å². The summed E-state index contributed by atoms with van der Waals surface area (Å²) >= 11 is 0. The van der Waals surface area contributed by atoms with Crippen molar-refractivity contribution in [3.05, 3.63) is 35.9 Å². The monoisotopic (exact) mass is 221 g/mol. The molecule has 16 heavy (non-hydrogen) atoms. The third-order valence-electron chi connectivity index (χ3n) is 2.71. The Hall–Kier alpha value is -1.71. The van der Waals surface area contributed by atoms with Crippen molar-refractivity contribution < 1.29 is 13.9 Å². The fourth-order valence-corrected chi connectivity index (χ4v) is 1.84. The quantitative estimate of drug-likeness (QED) is 0.718. The zero-order valence-electron chi connectivity index (χ0n) is 8.94. The molecule has 0 aliphatic heterocycles. The predicted molar refractivity (Wildman–Crippen MR) is 56.9 cm³/mol. The zero-order valence-corrected chi connectivity index (χ0v) is 8.94. The second-order valence-electron chi connectivity index (χ2n) is 3.75. The zero-order chi connectivity index (χ0) is 11.5. The summed E-state index contributed by atoms with van der Waals surface area (Å²) in [6.07, 6.45) is 4.43. The number of allylic oxidation sites excluding steroid dienone is 2. The van der Waals surface area contributed by atoms with Crippen LogP contribution in [0.1, 0.15) is 18.5 Å². The van der Waals surface area contributed by atoms with Gasteiger partial charge in [-0.05, 0) is 30.5 Å². The molecule has 0 saturated heterocycles. The Balaban J connectivity index is 2.08. The van der Waals surface area contributed by atoms with E-state index < -0.39 is 0 Å². The van der Waals surface area contributed by atoms with Crippen molar-refractivity contribution >= 4 is 11.5 Å². The first-order valence-electron chi connectivity index (χ1n) is 5.09. The molecule has 0 fully saturated rings. The summed E-state index contributed by atoms with van der Waals surface area (Å²) in [6.45, 7) is 0. The molecule has 0 bridgehead atoms. The molecular formula is C12H12FNO2. The van der Waals surface area contributed by atoms with E-state index in [2.05, 4.69) is 9.72 Å². The van der Waals surface area contributed by atoms with Gasteiger partial charge in [-0.15, -0.1) is 0 Å². The van der Waals surface area contributed by atoms with E-state index in [1.807, 2.05) is 6.08 Å². The standard InChI is InChI=1S/C12H12FNO2/c1-16-12(15)9-3-2-8(6-9)11-5-4-10(13)7-14-11/h2,4-5,7,9H,3,6H2,1H3. The molecule has 1 unspecified atom stereocenters. The number of carbonyl (C=O) groups excluding carboxylic acids is 1. The number of ether oxygens (including phenoxy) is 1. The molecule has 0 amide bonds. The lowest BCUT2D eigenvalue weighted by molar-refractivity contribution is -0.144. The lowest BCUT2D eigenvalue weighted by Crippen LogP contribution is -2.12. The number of aromatic nitrogens is 1. The number of pyridine rings is 1. The van der Waals surface area contributed by atoms with Crippen LogP contribution in [0.25, 0.3) is 5.57 Å². The minimum absolute atomic E-state index is 0.119. The fourth-order valence-electron chi connectivity index (χ4n) is 1.84. The average molecular weight is 221 g/mol. The first kappa shape index (κ1) is 10.8. The van der Waals surface area contributed by atoms with Gasteiger partial charge in [0, 0.05) is 0 Å². The Morgan fingerprint density at radius 2 is 2.38 bits per heavy atom. The van der Waals surface area contributed by atoms with Crippen molar-refractivity contribution in [2.45, 2.75) is 12.8 Å². The average Bonchev–Trinajstić information content (AvgIpc) is 2.78. The van der Waals surface area contributed by atoms with Gasteiger partial charge in [0.05, 0.1) is 24.9 Å². The molecule has 1 aromatic heterocycles. The molecule has 1 aliphatic rings. The van der Waals surface area contributed by atoms with Crippen LogP contribution >= 0.6 is 0 Å². The second kappa shape index (κ2) is 4.43. The maximum atomic E-state index is 12.7. The summed E-state index contributed by atoms with van der Waals surface area (Å²) < 4.78 is 17.4. The number of hydrogen-bond donors (Lipinski definition) is 0. The summed E-state index contributed by atoms with van der Waals surface area (Å²) in [4.78, 5) is 15.3. The van der Waals surface area contributed by atoms with Gasteiger partial charge in [0.1, 0.15) is 5.82 Å². The van der Waals surface area contributed by atoms with Crippen LogP contribution in [0, 0.1) is 11.7 Å². The Kier molecular flexibility index (Phi) is 2.99. The van der Waals surface area contributed by atoms with Crippen molar-refractivity contribution in [3.8, 4) is 0 Å². The number of rotatable bonds is 2. The van der Waals surface area contributed by atoms with Crippen molar-refractivity contribution in [1.82, 2.24) is 4.98 Å². The number of nitrogens with zero attached hydrogens (tertiary/aromatic N) is 1. The van der Waals surface area contributed by atoms with Crippen LogP contribution in [0.3, 0.4) is 0 Å². The molecule has 0 spiro atoms. The molecule has 4 heteroatoms. The van der Waals surface area contributed by atoms with E-state index in [0.29, 0.717) is 12.8 Å². The van der Waals surface area contributed by atoms with E-state index in [-0.39, 0.29) is 17.7 Å². The maximum absolute atomic E-state index is 12.7. The molecule has 0 N–H and O–H groups in total. The Bertz CT molecular complexity index is 425. The normalized spacial score (nSPS) is 19.4. The topological polar surface area (TPSA) is 39.2 Å². The first-order chi connectivity index (χ1) is 7.70. The molecule has 1 aromatic rings. The maximum Gasteiger partial charge on any atom is 0.309 e. The molecule has 1 aliphatic carbocycles. The van der Waals surface area contributed by atoms with Crippen LogP contribution in [0.4, 0.5) is 4.39 Å². The van der Waals surface area contributed by atoms with Gasteiger partial charge in [0.2, 0.25) is 0 Å². The van der Waals surface area contributed by atoms with E-state index >= 15 is 0 Å². The molecule has 0 radical (unpaired) electrons. The highest BCUT2D eigenvalue weighted by Gasteiger charge is 2.25. The van der Waals surface area contributed by atoms with Gasteiger partial charge in [0.15, 0.2) is 0 Å². The van der Waals surface area contributed by atoms with Crippen molar-refractivity contribution in [2.24, 2.45) is 5.92 Å². The predicted octanol–water partition coefficient (Wildman–Crippen LogP) is 2.19. The summed E-state index contributed by atoms with van der Waals surface area (Å²) in [5.41, 5.74) is 1.71. The number of carbonyl (C=O) groups is 1. The van der Waals surface area contributed by atoms with Gasteiger partial charge in [-0.3, -0.25) is 9.78 Å². The molecule has 0 saturated carbocycles. The minimum atomic E-state index is -0.355. The van der Waals surface area contributed by atoms with Gasteiger partial charge in [-0.2, -0.15) is 0 Å². The lowest BCUT2D eigenvalue weighted by atomic mass is 10.0. The van der Waals surface area contributed by atoms with Crippen molar-refractivity contribution in [2.75, 3.05) is 7.11 Å². The van der Waals surface area contributed by atoms with E-state index in [1.54, 1.807) is 6.07 Å². The largest absolute Gasteiger partial charge is 0.469 e. The Morgan fingerprint density at radius 3 is 3.00 bits per heavy atom. The van der Waals surface area contributed by atoms with Gasteiger partial charge in [0.25, 0.3) is 0 Å². The molecule has 84 valence electrons. The minimum Gasteiger partial charge on any atom is -0.469 e. The van der Waals surface area contributed by atoms with Crippen molar-refractivity contribution in [3.63, 3.8) is 0 Å². The van der Waals surface area contributed by atoms with Crippen LogP contribution in [-0.4, -0.2) is 18.1 Å². The SMILES string of the molecule is COC(=O)C1CC=C(c2ccc(F)cn2)C1. The molecule has 2 rings (SSSR count). The summed E-state index contributed by atoms with van der Waals surface area (Å²) in [6, 6.07) is 3.00. The highest BCUT2D eigenvalue weighted by molar-refractivity contribution is 5.79. The second-order valence-corrected chi connectivity index (χ2v) is 3.75. The highest BCUT2D eigenvalue weighted by Crippen LogP contribution is 2.31. The number of halogens is 1. The lowest BCUT2D eigenvalue weighted by Gasteiger charge is -2.07. The van der Waals surface area contributed by atoms with Crippen molar-refractivity contribution in [1.29, 1.82) is 0 Å². The number of hydrogen-bond acceptors (Lipinski definition) is 3. The third kappa shape index (κ3) is 2.10. The van der Waals surface area contributed by atoms with E-state index in [9.17, 15) is 9.18 Å². The molecular weight excluding hydrogens is 209 g/mol. The van der Waals surface area contributed by atoms with Gasteiger partial charge < -0.3 is 4.74 Å². The smallest absolute Gasteiger partial charge is 0.309 e. The Morgan fingerprint density at radius 1 is 1.56 bits per heavy atom. The summed E-state index contributed by atoms with van der Waals surface area (Å²) in [5.74, 6) is -0.674. The van der Waals surface area contributed by atoms with E-state index in [0.717, 1.165) is 11.3 Å².